The van der Waals surface area contributed by atoms with Gasteiger partial charge in [0.1, 0.15) is 6.73 Å². The number of nitrogen functional groups attached to an aromatic ring is 1. The Morgan fingerprint density at radius 3 is 3.06 bits per heavy atom. The Kier molecular flexibility index (Phi) is 2.40. The first-order valence-corrected chi connectivity index (χ1v) is 5.70. The van der Waals surface area contributed by atoms with Crippen molar-refractivity contribution in [3.63, 3.8) is 0 Å². The summed E-state index contributed by atoms with van der Waals surface area (Å²) in [6.07, 6.45) is 2.46. The fourth-order valence-electron chi connectivity index (χ4n) is 1.80. The fraction of sp³-hybridized carbons (Fsp3) is 0.417. The molecule has 0 atom stereocenters. The van der Waals surface area contributed by atoms with E-state index in [1.54, 1.807) is 18.2 Å². The van der Waals surface area contributed by atoms with E-state index in [1.807, 2.05) is 0 Å². The van der Waals surface area contributed by atoms with Crippen LogP contribution in [-0.2, 0) is 11.5 Å². The van der Waals surface area contributed by atoms with E-state index in [1.165, 1.54) is 17.4 Å². The van der Waals surface area contributed by atoms with Crippen molar-refractivity contribution in [1.82, 2.24) is 4.57 Å². The van der Waals surface area contributed by atoms with Gasteiger partial charge in [-0.2, -0.15) is 0 Å². The van der Waals surface area contributed by atoms with E-state index in [2.05, 4.69) is 0 Å². The average Bonchev–Trinajstić information content (AvgIpc) is 3.06. The molecule has 3 rings (SSSR count). The van der Waals surface area contributed by atoms with Gasteiger partial charge in [0.25, 0.3) is 0 Å². The molecule has 1 aliphatic carbocycles. The molecule has 2 aromatic rings. The summed E-state index contributed by atoms with van der Waals surface area (Å²) in [5, 5.41) is 0. The molecule has 1 fully saturated rings. The third kappa shape index (κ3) is 2.06. The summed E-state index contributed by atoms with van der Waals surface area (Å²) >= 11 is 0. The van der Waals surface area contributed by atoms with Gasteiger partial charge in [0.2, 0.25) is 0 Å². The SMILES string of the molecule is Nc1ccc2oc(=O)n(COCC3CC3)c2c1. The number of aromatic nitrogens is 1. The number of oxazole rings is 1. The molecule has 0 spiro atoms. The van der Waals surface area contributed by atoms with Crippen LogP contribution in [0.2, 0.25) is 0 Å². The quantitative estimate of drug-likeness (QED) is 0.815. The number of benzene rings is 1. The van der Waals surface area contributed by atoms with Crippen LogP contribution >= 0.6 is 0 Å². The normalized spacial score (nSPS) is 15.5. The maximum absolute atomic E-state index is 11.6. The number of ether oxygens (including phenoxy) is 1. The Labute approximate surface area is 97.8 Å². The Morgan fingerprint density at radius 2 is 2.29 bits per heavy atom. The van der Waals surface area contributed by atoms with Gasteiger partial charge in [-0.1, -0.05) is 0 Å². The molecular formula is C12H14N2O3. The molecule has 0 unspecified atom stereocenters. The van der Waals surface area contributed by atoms with E-state index in [-0.39, 0.29) is 6.73 Å². The van der Waals surface area contributed by atoms with Gasteiger partial charge in [-0.05, 0) is 37.0 Å². The van der Waals surface area contributed by atoms with Crippen LogP contribution in [0.1, 0.15) is 12.8 Å². The number of hydrogen-bond donors (Lipinski definition) is 1. The number of nitrogens with zero attached hydrogens (tertiary/aromatic N) is 1. The molecule has 5 nitrogen and oxygen atoms in total. The van der Waals surface area contributed by atoms with Crippen molar-refractivity contribution in [3.05, 3.63) is 28.7 Å². The molecule has 90 valence electrons. The van der Waals surface area contributed by atoms with E-state index < -0.39 is 5.76 Å². The molecule has 2 N–H and O–H groups in total. The predicted octanol–water partition coefficient (Wildman–Crippen LogP) is 1.56. The van der Waals surface area contributed by atoms with Crippen LogP contribution in [0.3, 0.4) is 0 Å². The van der Waals surface area contributed by atoms with Crippen molar-refractivity contribution in [1.29, 1.82) is 0 Å². The number of anilines is 1. The number of nitrogens with two attached hydrogens (primary N) is 1. The summed E-state index contributed by atoms with van der Waals surface area (Å²) in [5.41, 5.74) is 7.52. The van der Waals surface area contributed by atoms with Gasteiger partial charge in [0.15, 0.2) is 5.58 Å². The molecule has 0 amide bonds. The Hall–Kier alpha value is -1.75. The van der Waals surface area contributed by atoms with Gasteiger partial charge in [-0.3, -0.25) is 0 Å². The van der Waals surface area contributed by atoms with E-state index in [4.69, 9.17) is 14.9 Å². The Morgan fingerprint density at radius 1 is 1.47 bits per heavy atom. The summed E-state index contributed by atoms with van der Waals surface area (Å²) in [6.45, 7) is 0.938. The summed E-state index contributed by atoms with van der Waals surface area (Å²) in [6, 6.07) is 5.13. The molecule has 17 heavy (non-hydrogen) atoms. The first-order valence-electron chi connectivity index (χ1n) is 5.70. The van der Waals surface area contributed by atoms with E-state index >= 15 is 0 Å². The molecule has 5 heteroatoms. The second-order valence-corrected chi connectivity index (χ2v) is 4.47. The summed E-state index contributed by atoms with van der Waals surface area (Å²) in [7, 11) is 0. The standard InChI is InChI=1S/C12H14N2O3/c13-9-3-4-11-10(5-9)14(12(15)17-11)7-16-6-8-1-2-8/h3-5,8H,1-2,6-7,13H2. The van der Waals surface area contributed by atoms with Crippen LogP contribution in [0.4, 0.5) is 5.69 Å². The molecule has 0 aliphatic heterocycles. The third-order valence-corrected chi connectivity index (χ3v) is 2.96. The smallest absolute Gasteiger partial charge is 0.408 e. The zero-order chi connectivity index (χ0) is 11.8. The highest BCUT2D eigenvalue weighted by atomic mass is 16.5. The minimum Gasteiger partial charge on any atom is -0.408 e. The molecule has 0 saturated heterocycles. The summed E-state index contributed by atoms with van der Waals surface area (Å²) < 4.78 is 12.1. The van der Waals surface area contributed by atoms with Crippen molar-refractivity contribution in [3.8, 4) is 0 Å². The van der Waals surface area contributed by atoms with Crippen molar-refractivity contribution < 1.29 is 9.15 Å². The predicted molar refractivity (Wildman–Crippen MR) is 63.6 cm³/mol. The zero-order valence-electron chi connectivity index (χ0n) is 9.39. The van der Waals surface area contributed by atoms with Crippen LogP contribution in [0.25, 0.3) is 11.1 Å². The van der Waals surface area contributed by atoms with Crippen molar-refractivity contribution >= 4 is 16.8 Å². The van der Waals surface area contributed by atoms with Crippen molar-refractivity contribution in [2.24, 2.45) is 5.92 Å². The molecule has 0 radical (unpaired) electrons. The monoisotopic (exact) mass is 234 g/mol. The van der Waals surface area contributed by atoms with E-state index in [0.717, 1.165) is 0 Å². The van der Waals surface area contributed by atoms with Gasteiger partial charge in [-0.15, -0.1) is 0 Å². The van der Waals surface area contributed by atoms with Crippen molar-refractivity contribution in [2.75, 3.05) is 12.3 Å². The van der Waals surface area contributed by atoms with Gasteiger partial charge >= 0.3 is 5.76 Å². The number of hydrogen-bond acceptors (Lipinski definition) is 4. The second-order valence-electron chi connectivity index (χ2n) is 4.47. The van der Waals surface area contributed by atoms with Gasteiger partial charge in [0, 0.05) is 5.69 Å². The van der Waals surface area contributed by atoms with Crippen LogP contribution in [0.15, 0.2) is 27.4 Å². The zero-order valence-corrected chi connectivity index (χ0v) is 9.39. The lowest BCUT2D eigenvalue weighted by Crippen LogP contribution is -2.16. The highest BCUT2D eigenvalue weighted by Crippen LogP contribution is 2.29. The molecule has 1 aromatic heterocycles. The van der Waals surface area contributed by atoms with Gasteiger partial charge < -0.3 is 14.9 Å². The highest BCUT2D eigenvalue weighted by Gasteiger charge is 2.21. The van der Waals surface area contributed by atoms with Crippen LogP contribution in [0, 0.1) is 5.92 Å². The lowest BCUT2D eigenvalue weighted by atomic mass is 10.3. The lowest BCUT2D eigenvalue weighted by molar-refractivity contribution is 0.0671. The van der Waals surface area contributed by atoms with Gasteiger partial charge in [-0.25, -0.2) is 9.36 Å². The maximum atomic E-state index is 11.6. The lowest BCUT2D eigenvalue weighted by Gasteiger charge is -2.03. The molecule has 1 aliphatic rings. The minimum absolute atomic E-state index is 0.228. The van der Waals surface area contributed by atoms with E-state index in [0.29, 0.717) is 29.3 Å². The molecule has 1 saturated carbocycles. The first-order chi connectivity index (χ1) is 8.24. The van der Waals surface area contributed by atoms with Crippen LogP contribution in [-0.4, -0.2) is 11.2 Å². The first kappa shape index (κ1) is 10.4. The molecule has 1 aromatic carbocycles. The molecule has 0 bridgehead atoms. The number of fused-ring (bicyclic) bond motifs is 1. The minimum atomic E-state index is -0.401. The Bertz CT molecular complexity index is 595. The van der Waals surface area contributed by atoms with Crippen molar-refractivity contribution in [2.45, 2.75) is 19.6 Å². The highest BCUT2D eigenvalue weighted by molar-refractivity contribution is 5.76. The molecule has 1 heterocycles. The summed E-state index contributed by atoms with van der Waals surface area (Å²) in [4.78, 5) is 11.6. The summed E-state index contributed by atoms with van der Waals surface area (Å²) in [5.74, 6) is 0.273. The largest absolute Gasteiger partial charge is 0.421 e. The maximum Gasteiger partial charge on any atom is 0.421 e. The van der Waals surface area contributed by atoms with Crippen LogP contribution in [0.5, 0.6) is 0 Å². The second kappa shape index (κ2) is 3.92. The van der Waals surface area contributed by atoms with Gasteiger partial charge in [0.05, 0.1) is 12.1 Å². The Balaban J connectivity index is 1.87. The van der Waals surface area contributed by atoms with Crippen LogP contribution < -0.4 is 11.5 Å². The topological polar surface area (TPSA) is 70.4 Å². The van der Waals surface area contributed by atoms with E-state index in [9.17, 15) is 4.79 Å². The third-order valence-electron chi connectivity index (χ3n) is 2.96. The number of rotatable bonds is 4. The average molecular weight is 234 g/mol. The molecular weight excluding hydrogens is 220 g/mol. The fourth-order valence-corrected chi connectivity index (χ4v) is 1.80.